The summed E-state index contributed by atoms with van der Waals surface area (Å²) in [6, 6.07) is 18.0. The average molecular weight is 501 g/mol. The van der Waals surface area contributed by atoms with E-state index in [1.54, 1.807) is 54.6 Å². The Balaban J connectivity index is 1.49. The molecule has 0 saturated heterocycles. The maximum Gasteiger partial charge on any atom is 0.283 e. The lowest BCUT2D eigenvalue weighted by Gasteiger charge is -2.15. The van der Waals surface area contributed by atoms with Crippen molar-refractivity contribution in [1.29, 1.82) is 0 Å². The van der Waals surface area contributed by atoms with Gasteiger partial charge in [-0.1, -0.05) is 46.9 Å². The summed E-state index contributed by atoms with van der Waals surface area (Å²) in [5.74, 6) is -1.58. The molecule has 0 aliphatic carbocycles. The van der Waals surface area contributed by atoms with Crippen LogP contribution in [0.2, 0.25) is 10.0 Å². The van der Waals surface area contributed by atoms with E-state index in [0.29, 0.717) is 32.7 Å². The molecule has 1 aliphatic rings. The van der Waals surface area contributed by atoms with Crippen LogP contribution in [0.4, 0.5) is 17.1 Å². The highest BCUT2D eigenvalue weighted by molar-refractivity contribution is 6.53. The Morgan fingerprint density at radius 1 is 0.848 bits per heavy atom. The predicted molar refractivity (Wildman–Crippen MR) is 131 cm³/mol. The summed E-state index contributed by atoms with van der Waals surface area (Å²) in [7, 11) is 0. The van der Waals surface area contributed by atoms with Crippen molar-refractivity contribution in [2.24, 2.45) is 0 Å². The van der Waals surface area contributed by atoms with Crippen molar-refractivity contribution in [2.45, 2.75) is 6.92 Å². The Morgan fingerprint density at radius 2 is 1.55 bits per heavy atom. The Hall–Kier alpha value is -3.32. The summed E-state index contributed by atoms with van der Waals surface area (Å²) in [4.78, 5) is 39.0. The number of hydrogen-bond donors (Lipinski definition) is 2. The van der Waals surface area contributed by atoms with Crippen LogP contribution in [0.15, 0.2) is 77.5 Å². The average Bonchev–Trinajstić information content (AvgIpc) is 3.00. The smallest absolute Gasteiger partial charge is 0.283 e. The van der Waals surface area contributed by atoms with Crippen LogP contribution >= 0.6 is 34.8 Å². The van der Waals surface area contributed by atoms with E-state index in [-0.39, 0.29) is 16.6 Å². The van der Waals surface area contributed by atoms with Crippen molar-refractivity contribution in [3.63, 3.8) is 0 Å². The highest BCUT2D eigenvalue weighted by atomic mass is 35.5. The van der Waals surface area contributed by atoms with Gasteiger partial charge in [-0.2, -0.15) is 0 Å². The molecule has 3 amide bonds. The normalized spacial score (nSPS) is 13.5. The number of nitrogens with zero attached hydrogens (tertiary/aromatic N) is 1. The van der Waals surface area contributed by atoms with E-state index in [1.807, 2.05) is 13.0 Å². The molecule has 0 bridgehead atoms. The van der Waals surface area contributed by atoms with E-state index in [9.17, 15) is 14.4 Å². The summed E-state index contributed by atoms with van der Waals surface area (Å²) < 4.78 is 0. The maximum atomic E-state index is 12.9. The van der Waals surface area contributed by atoms with Gasteiger partial charge in [-0.25, -0.2) is 4.90 Å². The number of imide groups is 1. The third-order valence-electron chi connectivity index (χ3n) is 4.96. The fourth-order valence-electron chi connectivity index (χ4n) is 3.23. The van der Waals surface area contributed by atoms with Crippen molar-refractivity contribution in [3.8, 4) is 0 Å². The van der Waals surface area contributed by atoms with E-state index >= 15 is 0 Å². The van der Waals surface area contributed by atoms with Crippen LogP contribution in [0, 0.1) is 6.92 Å². The molecule has 1 aliphatic heterocycles. The topological polar surface area (TPSA) is 78.5 Å². The van der Waals surface area contributed by atoms with E-state index in [2.05, 4.69) is 10.6 Å². The predicted octanol–water partition coefficient (Wildman–Crippen LogP) is 5.99. The number of anilines is 3. The highest BCUT2D eigenvalue weighted by Gasteiger charge is 2.39. The Labute approximate surface area is 204 Å². The van der Waals surface area contributed by atoms with Crippen LogP contribution < -0.4 is 15.5 Å². The molecule has 0 fully saturated rings. The highest BCUT2D eigenvalue weighted by Crippen LogP contribution is 2.31. The summed E-state index contributed by atoms with van der Waals surface area (Å²) in [6.45, 7) is 1.86. The minimum absolute atomic E-state index is 0.0617. The Bertz CT molecular complexity index is 1320. The minimum atomic E-state index is -0.653. The van der Waals surface area contributed by atoms with Gasteiger partial charge >= 0.3 is 0 Å². The number of nitrogens with one attached hydrogen (secondary N) is 2. The van der Waals surface area contributed by atoms with Crippen LogP contribution in [0.25, 0.3) is 0 Å². The molecule has 4 rings (SSSR count). The van der Waals surface area contributed by atoms with Crippen molar-refractivity contribution < 1.29 is 14.4 Å². The van der Waals surface area contributed by atoms with Gasteiger partial charge in [0.1, 0.15) is 10.7 Å². The molecule has 0 saturated carbocycles. The van der Waals surface area contributed by atoms with Gasteiger partial charge in [0, 0.05) is 27.0 Å². The lowest BCUT2D eigenvalue weighted by molar-refractivity contribution is -0.120. The molecule has 0 atom stereocenters. The standard InChI is InChI=1S/C24H16Cl3N3O3/c1-13-5-8-16(26)12-19(13)29-22(31)14-6-9-17(10-7-14)28-21-20(27)23(32)30(24(21)33)18-4-2-3-15(25)11-18/h2-12,28H,1H3,(H,29,31). The molecular formula is C24H16Cl3N3O3. The van der Waals surface area contributed by atoms with Crippen molar-refractivity contribution >= 4 is 69.6 Å². The largest absolute Gasteiger partial charge is 0.350 e. The van der Waals surface area contributed by atoms with E-state index in [4.69, 9.17) is 34.8 Å². The van der Waals surface area contributed by atoms with Crippen LogP contribution in [0.3, 0.4) is 0 Å². The van der Waals surface area contributed by atoms with Crippen LogP contribution in [-0.4, -0.2) is 17.7 Å². The SMILES string of the molecule is Cc1ccc(Cl)cc1NC(=O)c1ccc(NC2=C(Cl)C(=O)N(c3cccc(Cl)c3)C2=O)cc1. The molecule has 0 radical (unpaired) electrons. The summed E-state index contributed by atoms with van der Waals surface area (Å²) >= 11 is 18.1. The number of aryl methyl sites for hydroxylation is 1. The molecule has 6 nitrogen and oxygen atoms in total. The third kappa shape index (κ3) is 4.73. The second kappa shape index (κ2) is 9.27. The number of carbonyl (C=O) groups excluding carboxylic acids is 3. The van der Waals surface area contributed by atoms with Crippen LogP contribution in [0.5, 0.6) is 0 Å². The molecule has 33 heavy (non-hydrogen) atoms. The molecular weight excluding hydrogens is 485 g/mol. The van der Waals surface area contributed by atoms with Gasteiger partial charge in [0.2, 0.25) is 0 Å². The molecule has 3 aromatic carbocycles. The first-order valence-electron chi connectivity index (χ1n) is 9.73. The number of halogens is 3. The Kier molecular flexibility index (Phi) is 6.42. The second-order valence-electron chi connectivity index (χ2n) is 7.23. The maximum absolute atomic E-state index is 12.9. The van der Waals surface area contributed by atoms with Gasteiger partial charge in [0.05, 0.1) is 5.69 Å². The monoisotopic (exact) mass is 499 g/mol. The fourth-order valence-corrected chi connectivity index (χ4v) is 3.80. The first-order valence-corrected chi connectivity index (χ1v) is 10.9. The van der Waals surface area contributed by atoms with E-state index in [0.717, 1.165) is 10.5 Å². The van der Waals surface area contributed by atoms with Crippen LogP contribution in [-0.2, 0) is 9.59 Å². The van der Waals surface area contributed by atoms with Crippen LogP contribution in [0.1, 0.15) is 15.9 Å². The van der Waals surface area contributed by atoms with Gasteiger partial charge in [-0.3, -0.25) is 14.4 Å². The number of amides is 3. The molecule has 0 unspecified atom stereocenters. The van der Waals surface area contributed by atoms with E-state index in [1.165, 1.54) is 6.07 Å². The summed E-state index contributed by atoms with van der Waals surface area (Å²) in [5.41, 5.74) is 2.62. The zero-order valence-corrected chi connectivity index (χ0v) is 19.4. The fraction of sp³-hybridized carbons (Fsp3) is 0.0417. The Morgan fingerprint density at radius 3 is 2.24 bits per heavy atom. The summed E-state index contributed by atoms with van der Waals surface area (Å²) in [6.07, 6.45) is 0. The van der Waals surface area contributed by atoms with Crippen molar-refractivity contribution in [1.82, 2.24) is 0 Å². The zero-order chi connectivity index (χ0) is 23.7. The number of benzene rings is 3. The second-order valence-corrected chi connectivity index (χ2v) is 8.48. The molecule has 1 heterocycles. The van der Waals surface area contributed by atoms with Gasteiger partial charge in [-0.15, -0.1) is 0 Å². The lowest BCUT2D eigenvalue weighted by atomic mass is 10.1. The van der Waals surface area contributed by atoms with Gasteiger partial charge < -0.3 is 10.6 Å². The van der Waals surface area contributed by atoms with Crippen molar-refractivity contribution in [3.05, 3.63) is 98.6 Å². The third-order valence-corrected chi connectivity index (χ3v) is 5.78. The molecule has 0 aromatic heterocycles. The number of carbonyl (C=O) groups is 3. The zero-order valence-electron chi connectivity index (χ0n) is 17.2. The minimum Gasteiger partial charge on any atom is -0.350 e. The molecule has 3 aromatic rings. The van der Waals surface area contributed by atoms with E-state index < -0.39 is 11.8 Å². The van der Waals surface area contributed by atoms with Gasteiger partial charge in [0.25, 0.3) is 17.7 Å². The number of rotatable bonds is 5. The van der Waals surface area contributed by atoms with Gasteiger partial charge in [0.15, 0.2) is 0 Å². The number of hydrogen-bond acceptors (Lipinski definition) is 4. The molecule has 9 heteroatoms. The first kappa shape index (κ1) is 22.9. The molecule has 0 spiro atoms. The first-order chi connectivity index (χ1) is 15.7. The quantitative estimate of drug-likeness (QED) is 0.422. The molecule has 2 N–H and O–H groups in total. The molecule has 166 valence electrons. The summed E-state index contributed by atoms with van der Waals surface area (Å²) in [5, 5.41) is 6.35. The van der Waals surface area contributed by atoms with Crippen molar-refractivity contribution in [2.75, 3.05) is 15.5 Å². The lowest BCUT2D eigenvalue weighted by Crippen LogP contribution is -2.32. The van der Waals surface area contributed by atoms with Gasteiger partial charge in [-0.05, 0) is 67.1 Å².